The second-order valence-corrected chi connectivity index (χ2v) is 14.5. The molecule has 0 aromatic heterocycles. The van der Waals surface area contributed by atoms with E-state index < -0.39 is 0 Å². The number of para-hydroxylation sites is 2. The summed E-state index contributed by atoms with van der Waals surface area (Å²) < 4.78 is 6.39. The summed E-state index contributed by atoms with van der Waals surface area (Å²) in [7, 11) is 0. The van der Waals surface area contributed by atoms with Gasteiger partial charge in [-0.05, 0) is 127 Å². The third-order valence-electron chi connectivity index (χ3n) is 11.2. The standard InChI is InChI=1S/C54H35NO/c1-3-12-40-32-42(22-20-36(40)10-1)38-24-28-46(29-25-38)55(47-30-26-39(27-31-47)43-23-21-37-11-2-4-13-41(37)33-43)51-17-7-5-15-48(51)45-34-44-14-9-19-53-54(44)50(35-45)49-16-6-8-18-52(49)56-53/h1-35H. The zero-order valence-corrected chi connectivity index (χ0v) is 30.6. The van der Waals surface area contributed by atoms with E-state index in [9.17, 15) is 0 Å². The highest BCUT2D eigenvalue weighted by atomic mass is 16.5. The van der Waals surface area contributed by atoms with Crippen LogP contribution in [0.4, 0.5) is 17.1 Å². The fourth-order valence-electron chi connectivity index (χ4n) is 8.43. The first-order valence-electron chi connectivity index (χ1n) is 19.2. The van der Waals surface area contributed by atoms with Crippen molar-refractivity contribution in [3.05, 3.63) is 212 Å². The van der Waals surface area contributed by atoms with Crippen molar-refractivity contribution in [2.75, 3.05) is 4.90 Å². The molecule has 10 aromatic rings. The van der Waals surface area contributed by atoms with Gasteiger partial charge in [-0.25, -0.2) is 0 Å². The van der Waals surface area contributed by atoms with E-state index in [4.69, 9.17) is 4.74 Å². The molecule has 0 N–H and O–H groups in total. The van der Waals surface area contributed by atoms with Crippen LogP contribution in [-0.4, -0.2) is 0 Å². The number of ether oxygens (including phenoxy) is 1. The molecule has 0 saturated carbocycles. The second kappa shape index (κ2) is 13.2. The van der Waals surface area contributed by atoms with E-state index in [0.717, 1.165) is 56.0 Å². The van der Waals surface area contributed by atoms with Crippen molar-refractivity contribution in [3.8, 4) is 56.0 Å². The van der Waals surface area contributed by atoms with Crippen molar-refractivity contribution in [2.24, 2.45) is 0 Å². The number of rotatable bonds is 6. The lowest BCUT2D eigenvalue weighted by Gasteiger charge is -2.29. The first-order chi connectivity index (χ1) is 27.7. The minimum atomic E-state index is 0.887. The number of anilines is 3. The first kappa shape index (κ1) is 32.0. The Hall–Kier alpha value is -7.42. The molecule has 1 heterocycles. The Kier molecular flexibility index (Phi) is 7.53. The van der Waals surface area contributed by atoms with Crippen LogP contribution in [0.2, 0.25) is 0 Å². The lowest BCUT2D eigenvalue weighted by Crippen LogP contribution is -2.11. The molecule has 0 saturated heterocycles. The zero-order valence-electron chi connectivity index (χ0n) is 30.6. The van der Waals surface area contributed by atoms with Gasteiger partial charge in [0.05, 0.1) is 5.69 Å². The van der Waals surface area contributed by atoms with Crippen LogP contribution in [0.25, 0.3) is 76.8 Å². The molecule has 0 atom stereocenters. The van der Waals surface area contributed by atoms with Crippen molar-refractivity contribution < 1.29 is 4.74 Å². The van der Waals surface area contributed by atoms with Crippen LogP contribution < -0.4 is 9.64 Å². The molecule has 2 nitrogen and oxygen atoms in total. The van der Waals surface area contributed by atoms with Gasteiger partial charge in [0.15, 0.2) is 0 Å². The Balaban J connectivity index is 1.06. The monoisotopic (exact) mass is 713 g/mol. The molecule has 10 aromatic carbocycles. The van der Waals surface area contributed by atoms with E-state index in [2.05, 4.69) is 211 Å². The Morgan fingerprint density at radius 3 is 1.41 bits per heavy atom. The average molecular weight is 714 g/mol. The molecule has 0 fully saturated rings. The van der Waals surface area contributed by atoms with Crippen molar-refractivity contribution in [2.45, 2.75) is 0 Å². The predicted molar refractivity (Wildman–Crippen MR) is 235 cm³/mol. The molecule has 0 unspecified atom stereocenters. The Morgan fingerprint density at radius 2 is 0.768 bits per heavy atom. The molecule has 1 aliphatic heterocycles. The lowest BCUT2D eigenvalue weighted by atomic mass is 9.90. The fraction of sp³-hybridized carbons (Fsp3) is 0. The van der Waals surface area contributed by atoms with Gasteiger partial charge >= 0.3 is 0 Å². The van der Waals surface area contributed by atoms with Crippen LogP contribution in [0.5, 0.6) is 11.5 Å². The summed E-state index contributed by atoms with van der Waals surface area (Å²) in [5.41, 5.74) is 12.7. The van der Waals surface area contributed by atoms with Gasteiger partial charge in [0, 0.05) is 27.9 Å². The van der Waals surface area contributed by atoms with E-state index in [1.54, 1.807) is 0 Å². The van der Waals surface area contributed by atoms with Gasteiger partial charge in [-0.2, -0.15) is 0 Å². The van der Waals surface area contributed by atoms with E-state index in [0.29, 0.717) is 0 Å². The maximum absolute atomic E-state index is 6.39. The average Bonchev–Trinajstić information content (AvgIpc) is 3.27. The molecule has 1 aliphatic rings. The molecule has 0 bridgehead atoms. The highest BCUT2D eigenvalue weighted by molar-refractivity contribution is 6.07. The van der Waals surface area contributed by atoms with Crippen LogP contribution >= 0.6 is 0 Å². The molecule has 0 spiro atoms. The van der Waals surface area contributed by atoms with Crippen molar-refractivity contribution in [3.63, 3.8) is 0 Å². The van der Waals surface area contributed by atoms with Crippen molar-refractivity contribution in [1.29, 1.82) is 0 Å². The Morgan fingerprint density at radius 1 is 0.286 bits per heavy atom. The molecule has 262 valence electrons. The summed E-state index contributed by atoms with van der Waals surface area (Å²) in [5, 5.41) is 7.29. The minimum absolute atomic E-state index is 0.887. The van der Waals surface area contributed by atoms with Crippen LogP contribution in [0.15, 0.2) is 212 Å². The van der Waals surface area contributed by atoms with E-state index in [-0.39, 0.29) is 0 Å². The minimum Gasteiger partial charge on any atom is -0.456 e. The molecule has 56 heavy (non-hydrogen) atoms. The van der Waals surface area contributed by atoms with Gasteiger partial charge in [0.25, 0.3) is 0 Å². The molecule has 11 rings (SSSR count). The summed E-state index contributed by atoms with van der Waals surface area (Å²) in [6, 6.07) is 76.6. The van der Waals surface area contributed by atoms with Crippen LogP contribution in [0, 0.1) is 0 Å². The van der Waals surface area contributed by atoms with Crippen LogP contribution in [0.1, 0.15) is 0 Å². The highest BCUT2D eigenvalue weighted by Gasteiger charge is 2.23. The number of nitrogens with zero attached hydrogens (tertiary/aromatic N) is 1. The zero-order chi connectivity index (χ0) is 37.0. The van der Waals surface area contributed by atoms with Gasteiger partial charge in [0.2, 0.25) is 0 Å². The third-order valence-corrected chi connectivity index (χ3v) is 11.2. The summed E-state index contributed by atoms with van der Waals surface area (Å²) in [4.78, 5) is 2.40. The molecule has 0 aliphatic carbocycles. The highest BCUT2D eigenvalue weighted by Crippen LogP contribution is 2.49. The normalized spacial score (nSPS) is 11.7. The largest absolute Gasteiger partial charge is 0.456 e. The number of hydrogen-bond donors (Lipinski definition) is 0. The number of fused-ring (bicyclic) bond motifs is 4. The topological polar surface area (TPSA) is 12.5 Å². The quantitative estimate of drug-likeness (QED) is 0.170. The maximum atomic E-state index is 6.39. The van der Waals surface area contributed by atoms with Crippen LogP contribution in [0.3, 0.4) is 0 Å². The summed E-state index contributed by atoms with van der Waals surface area (Å²) in [5.74, 6) is 1.79. The SMILES string of the molecule is c1ccc2c(c1)Oc1cccc3cc(-c4ccccc4N(c4ccc(-c5ccc6ccccc6c5)cc4)c4ccc(-c5ccc6ccccc6c5)cc4)cc-2c13. The van der Waals surface area contributed by atoms with Crippen molar-refractivity contribution >= 4 is 49.4 Å². The molecular formula is C54H35NO. The number of hydrogen-bond acceptors (Lipinski definition) is 2. The Bertz CT molecular complexity index is 2980. The Labute approximate surface area is 326 Å². The summed E-state index contributed by atoms with van der Waals surface area (Å²) >= 11 is 0. The van der Waals surface area contributed by atoms with E-state index >= 15 is 0 Å². The second-order valence-electron chi connectivity index (χ2n) is 14.5. The molecular weight excluding hydrogens is 679 g/mol. The summed E-state index contributed by atoms with van der Waals surface area (Å²) in [6.45, 7) is 0. The number of benzene rings is 10. The van der Waals surface area contributed by atoms with Gasteiger partial charge in [0.1, 0.15) is 11.5 Å². The van der Waals surface area contributed by atoms with Crippen LogP contribution in [-0.2, 0) is 0 Å². The third kappa shape index (κ3) is 5.51. The summed E-state index contributed by atoms with van der Waals surface area (Å²) in [6.07, 6.45) is 0. The van der Waals surface area contributed by atoms with Gasteiger partial charge < -0.3 is 9.64 Å². The van der Waals surface area contributed by atoms with E-state index in [1.165, 1.54) is 49.4 Å². The van der Waals surface area contributed by atoms with E-state index in [1.807, 2.05) is 6.07 Å². The first-order valence-corrected chi connectivity index (χ1v) is 19.2. The molecule has 0 amide bonds. The van der Waals surface area contributed by atoms with Crippen molar-refractivity contribution in [1.82, 2.24) is 0 Å². The molecule has 0 radical (unpaired) electrons. The lowest BCUT2D eigenvalue weighted by molar-refractivity contribution is 0.487. The fourth-order valence-corrected chi connectivity index (χ4v) is 8.43. The maximum Gasteiger partial charge on any atom is 0.135 e. The van der Waals surface area contributed by atoms with Gasteiger partial charge in [-0.1, -0.05) is 146 Å². The smallest absolute Gasteiger partial charge is 0.135 e. The van der Waals surface area contributed by atoms with Gasteiger partial charge in [-0.3, -0.25) is 0 Å². The molecule has 2 heteroatoms. The van der Waals surface area contributed by atoms with Gasteiger partial charge in [-0.15, -0.1) is 0 Å². The predicted octanol–water partition coefficient (Wildman–Crippen LogP) is 15.4.